The second-order valence-corrected chi connectivity index (χ2v) is 4.56. The first kappa shape index (κ1) is 14.7. The van der Waals surface area contributed by atoms with Gasteiger partial charge in [-0.3, -0.25) is 4.79 Å². The van der Waals surface area contributed by atoms with Crippen LogP contribution in [0, 0.1) is 12.7 Å². The van der Waals surface area contributed by atoms with Crippen molar-refractivity contribution in [2.45, 2.75) is 6.92 Å². The zero-order valence-electron chi connectivity index (χ0n) is 11.6. The molecule has 0 aliphatic carbocycles. The van der Waals surface area contributed by atoms with Gasteiger partial charge in [0.2, 0.25) is 0 Å². The van der Waals surface area contributed by atoms with Crippen molar-refractivity contribution in [2.24, 2.45) is 5.10 Å². The Labute approximate surface area is 122 Å². The fourth-order valence-electron chi connectivity index (χ4n) is 1.62. The second-order valence-electron chi connectivity index (χ2n) is 4.56. The van der Waals surface area contributed by atoms with Crippen LogP contribution in [0.2, 0.25) is 0 Å². The van der Waals surface area contributed by atoms with Crippen molar-refractivity contribution in [1.29, 1.82) is 0 Å². The largest absolute Gasteiger partial charge is 0.376 e. The Balaban J connectivity index is 1.77. The molecule has 0 aliphatic heterocycles. The summed E-state index contributed by atoms with van der Waals surface area (Å²) in [6.45, 7) is 2.13. The van der Waals surface area contributed by atoms with Crippen molar-refractivity contribution < 1.29 is 9.18 Å². The number of benzene rings is 2. The van der Waals surface area contributed by atoms with E-state index < -0.39 is 0 Å². The van der Waals surface area contributed by atoms with Crippen LogP contribution < -0.4 is 10.7 Å². The van der Waals surface area contributed by atoms with E-state index in [0.29, 0.717) is 5.56 Å². The predicted molar refractivity (Wildman–Crippen MR) is 81.8 cm³/mol. The van der Waals surface area contributed by atoms with E-state index in [1.54, 1.807) is 12.1 Å². The average molecular weight is 285 g/mol. The predicted octanol–water partition coefficient (Wildman–Crippen LogP) is 2.70. The van der Waals surface area contributed by atoms with Crippen molar-refractivity contribution in [3.8, 4) is 0 Å². The van der Waals surface area contributed by atoms with Gasteiger partial charge in [0.15, 0.2) is 0 Å². The summed E-state index contributed by atoms with van der Waals surface area (Å²) in [5, 5.41) is 6.80. The molecule has 21 heavy (non-hydrogen) atoms. The minimum atomic E-state index is -0.307. The molecule has 0 aromatic heterocycles. The molecule has 2 aromatic carbocycles. The summed E-state index contributed by atoms with van der Waals surface area (Å²) >= 11 is 0. The van der Waals surface area contributed by atoms with Crippen molar-refractivity contribution in [3.63, 3.8) is 0 Å². The van der Waals surface area contributed by atoms with Crippen LogP contribution >= 0.6 is 0 Å². The quantitative estimate of drug-likeness (QED) is 0.655. The molecule has 2 aromatic rings. The Hall–Kier alpha value is -2.69. The summed E-state index contributed by atoms with van der Waals surface area (Å²) in [6, 6.07) is 13.6. The van der Waals surface area contributed by atoms with Gasteiger partial charge < -0.3 is 5.32 Å². The van der Waals surface area contributed by atoms with Crippen LogP contribution in [0.25, 0.3) is 0 Å². The fourth-order valence-corrected chi connectivity index (χ4v) is 1.62. The summed E-state index contributed by atoms with van der Waals surface area (Å²) in [5.74, 6) is -0.563. The van der Waals surface area contributed by atoms with E-state index in [0.717, 1.165) is 11.3 Å². The van der Waals surface area contributed by atoms with Crippen LogP contribution in [-0.2, 0) is 4.79 Å². The third-order valence-corrected chi connectivity index (χ3v) is 2.78. The van der Waals surface area contributed by atoms with Gasteiger partial charge in [-0.15, -0.1) is 0 Å². The number of carbonyl (C=O) groups excluding carboxylic acids is 1. The molecule has 5 heteroatoms. The number of carbonyl (C=O) groups is 1. The maximum atomic E-state index is 12.7. The molecule has 108 valence electrons. The van der Waals surface area contributed by atoms with Crippen molar-refractivity contribution in [3.05, 3.63) is 65.5 Å². The first-order chi connectivity index (χ1) is 10.1. The molecule has 0 aliphatic rings. The van der Waals surface area contributed by atoms with Gasteiger partial charge in [0.25, 0.3) is 5.91 Å². The molecule has 0 radical (unpaired) electrons. The highest BCUT2D eigenvalue weighted by atomic mass is 19.1. The number of hydrogen-bond donors (Lipinski definition) is 2. The van der Waals surface area contributed by atoms with Gasteiger partial charge in [0.1, 0.15) is 5.82 Å². The van der Waals surface area contributed by atoms with E-state index in [-0.39, 0.29) is 18.3 Å². The lowest BCUT2D eigenvalue weighted by Gasteiger charge is -2.05. The summed E-state index contributed by atoms with van der Waals surface area (Å²) in [4.78, 5) is 11.6. The molecule has 1 amide bonds. The zero-order valence-corrected chi connectivity index (χ0v) is 11.6. The molecule has 0 bridgehead atoms. The smallest absolute Gasteiger partial charge is 0.259 e. The van der Waals surface area contributed by atoms with E-state index >= 15 is 0 Å². The van der Waals surface area contributed by atoms with Crippen LogP contribution in [0.3, 0.4) is 0 Å². The minimum absolute atomic E-state index is 0.129. The third kappa shape index (κ3) is 5.06. The standard InChI is InChI=1S/C16H16FN3O/c1-12-2-8-15(9-3-12)18-11-16(21)20-19-10-13-4-6-14(17)7-5-13/h2-10,18H,11H2,1H3,(H,20,21)/b19-10+. The van der Waals surface area contributed by atoms with Gasteiger partial charge in [-0.2, -0.15) is 5.10 Å². The number of amides is 1. The Bertz CT molecular complexity index is 621. The number of halogens is 1. The lowest BCUT2D eigenvalue weighted by atomic mass is 10.2. The lowest BCUT2D eigenvalue weighted by molar-refractivity contribution is -0.119. The number of nitrogens with one attached hydrogen (secondary N) is 2. The first-order valence-electron chi connectivity index (χ1n) is 6.51. The van der Waals surface area contributed by atoms with Crippen LogP contribution in [0.5, 0.6) is 0 Å². The van der Waals surface area contributed by atoms with Gasteiger partial charge in [0.05, 0.1) is 12.8 Å². The van der Waals surface area contributed by atoms with Gasteiger partial charge >= 0.3 is 0 Å². The molecule has 2 rings (SSSR count). The highest BCUT2D eigenvalue weighted by Gasteiger charge is 1.99. The fraction of sp³-hybridized carbons (Fsp3) is 0.125. The first-order valence-corrected chi connectivity index (χ1v) is 6.51. The normalized spacial score (nSPS) is 10.6. The maximum absolute atomic E-state index is 12.7. The lowest BCUT2D eigenvalue weighted by Crippen LogP contribution is -2.25. The highest BCUT2D eigenvalue weighted by molar-refractivity contribution is 5.84. The molecule has 0 saturated heterocycles. The molecule has 0 spiro atoms. The Kier molecular flexibility index (Phi) is 5.04. The highest BCUT2D eigenvalue weighted by Crippen LogP contribution is 2.07. The summed E-state index contributed by atoms with van der Waals surface area (Å²) < 4.78 is 12.7. The zero-order chi connectivity index (χ0) is 15.1. The number of aryl methyl sites for hydroxylation is 1. The molecular weight excluding hydrogens is 269 g/mol. The van der Waals surface area contributed by atoms with Gasteiger partial charge in [-0.25, -0.2) is 9.82 Å². The van der Waals surface area contributed by atoms with Crippen molar-refractivity contribution in [2.75, 3.05) is 11.9 Å². The van der Waals surface area contributed by atoms with E-state index in [2.05, 4.69) is 15.8 Å². The SMILES string of the molecule is Cc1ccc(NCC(=O)N/N=C/c2ccc(F)cc2)cc1. The number of nitrogens with zero attached hydrogens (tertiary/aromatic N) is 1. The van der Waals surface area contributed by atoms with Crippen LogP contribution in [0.1, 0.15) is 11.1 Å². The van der Waals surface area contributed by atoms with E-state index in [1.165, 1.54) is 18.3 Å². The molecule has 4 nitrogen and oxygen atoms in total. The van der Waals surface area contributed by atoms with E-state index in [1.807, 2.05) is 31.2 Å². The average Bonchev–Trinajstić information content (AvgIpc) is 2.49. The number of rotatable bonds is 5. The van der Waals surface area contributed by atoms with Crippen molar-refractivity contribution >= 4 is 17.8 Å². The Morgan fingerprint density at radius 1 is 1.14 bits per heavy atom. The second kappa shape index (κ2) is 7.19. The molecule has 2 N–H and O–H groups in total. The number of anilines is 1. The molecule has 0 unspecified atom stereocenters. The minimum Gasteiger partial charge on any atom is -0.376 e. The van der Waals surface area contributed by atoms with E-state index in [4.69, 9.17) is 0 Å². The summed E-state index contributed by atoms with van der Waals surface area (Å²) in [5.41, 5.74) is 5.15. The monoisotopic (exact) mass is 285 g/mol. The van der Waals surface area contributed by atoms with Gasteiger partial charge in [-0.05, 0) is 36.8 Å². The molecular formula is C16H16FN3O. The molecule has 0 saturated carbocycles. The van der Waals surface area contributed by atoms with Crippen molar-refractivity contribution in [1.82, 2.24) is 5.43 Å². The molecule has 0 fully saturated rings. The van der Waals surface area contributed by atoms with Gasteiger partial charge in [0, 0.05) is 5.69 Å². The molecule has 0 atom stereocenters. The van der Waals surface area contributed by atoms with Crippen LogP contribution in [0.4, 0.5) is 10.1 Å². The summed E-state index contributed by atoms with van der Waals surface area (Å²) in [6.07, 6.45) is 1.46. The van der Waals surface area contributed by atoms with Crippen LogP contribution in [-0.4, -0.2) is 18.7 Å². The number of hydrazone groups is 1. The molecule has 0 heterocycles. The topological polar surface area (TPSA) is 53.5 Å². The Morgan fingerprint density at radius 3 is 2.48 bits per heavy atom. The maximum Gasteiger partial charge on any atom is 0.259 e. The Morgan fingerprint density at radius 2 is 1.81 bits per heavy atom. The van der Waals surface area contributed by atoms with Gasteiger partial charge in [-0.1, -0.05) is 29.8 Å². The number of hydrogen-bond acceptors (Lipinski definition) is 3. The third-order valence-electron chi connectivity index (χ3n) is 2.78. The van der Waals surface area contributed by atoms with E-state index in [9.17, 15) is 9.18 Å². The summed E-state index contributed by atoms with van der Waals surface area (Å²) in [7, 11) is 0. The van der Waals surface area contributed by atoms with Crippen LogP contribution in [0.15, 0.2) is 53.6 Å².